The molecule has 1 aromatic heterocycles. The van der Waals surface area contributed by atoms with Crippen molar-refractivity contribution >= 4 is 21.1 Å². The third-order valence-corrected chi connectivity index (χ3v) is 6.73. The molecule has 3 rings (SSSR count). The van der Waals surface area contributed by atoms with Crippen LogP contribution in [0.2, 0.25) is 0 Å². The Kier molecular flexibility index (Phi) is 5.40. The Balaban J connectivity index is 1.95. The summed E-state index contributed by atoms with van der Waals surface area (Å²) in [5.41, 5.74) is 3.55. The highest BCUT2D eigenvalue weighted by Gasteiger charge is 2.26. The van der Waals surface area contributed by atoms with Crippen molar-refractivity contribution in [2.75, 3.05) is 14.2 Å². The SMILES string of the molecule is COc1cc(C)c(S(=O)(=O)N(C)Cc2nc3c(CC#N)cccc3[nH]2)c(C)c1. The van der Waals surface area contributed by atoms with E-state index < -0.39 is 10.0 Å². The Hall–Kier alpha value is -2.89. The van der Waals surface area contributed by atoms with E-state index in [9.17, 15) is 8.42 Å². The van der Waals surface area contributed by atoms with E-state index in [4.69, 9.17) is 10.00 Å². The number of hydrogen-bond acceptors (Lipinski definition) is 5. The number of nitrogens with one attached hydrogen (secondary N) is 1. The molecular weight excluding hydrogens is 376 g/mol. The van der Waals surface area contributed by atoms with E-state index in [-0.39, 0.29) is 17.9 Å². The average Bonchev–Trinajstić information content (AvgIpc) is 3.04. The lowest BCUT2D eigenvalue weighted by Gasteiger charge is -2.19. The number of methoxy groups -OCH3 is 1. The van der Waals surface area contributed by atoms with E-state index in [0.717, 1.165) is 11.1 Å². The van der Waals surface area contributed by atoms with Gasteiger partial charge in [-0.2, -0.15) is 9.57 Å². The molecule has 0 radical (unpaired) electrons. The summed E-state index contributed by atoms with van der Waals surface area (Å²) in [5, 5.41) is 8.97. The van der Waals surface area contributed by atoms with Crippen molar-refractivity contribution in [3.63, 3.8) is 0 Å². The van der Waals surface area contributed by atoms with Crippen molar-refractivity contribution < 1.29 is 13.2 Å². The van der Waals surface area contributed by atoms with E-state index in [2.05, 4.69) is 16.0 Å². The third-order valence-electron chi connectivity index (χ3n) is 4.63. The van der Waals surface area contributed by atoms with Crippen LogP contribution in [0, 0.1) is 25.2 Å². The number of imidazole rings is 1. The van der Waals surface area contributed by atoms with Gasteiger partial charge < -0.3 is 9.72 Å². The number of nitrogens with zero attached hydrogens (tertiary/aromatic N) is 3. The number of aryl methyl sites for hydroxylation is 2. The Morgan fingerprint density at radius 1 is 1.25 bits per heavy atom. The van der Waals surface area contributed by atoms with E-state index >= 15 is 0 Å². The van der Waals surface area contributed by atoms with Crippen molar-refractivity contribution in [1.29, 1.82) is 5.26 Å². The van der Waals surface area contributed by atoms with Gasteiger partial charge >= 0.3 is 0 Å². The van der Waals surface area contributed by atoms with Gasteiger partial charge in [-0.25, -0.2) is 13.4 Å². The summed E-state index contributed by atoms with van der Waals surface area (Å²) in [4.78, 5) is 7.94. The predicted molar refractivity (Wildman–Crippen MR) is 107 cm³/mol. The highest BCUT2D eigenvalue weighted by atomic mass is 32.2. The fourth-order valence-electron chi connectivity index (χ4n) is 3.33. The zero-order valence-corrected chi connectivity index (χ0v) is 17.1. The van der Waals surface area contributed by atoms with Crippen LogP contribution >= 0.6 is 0 Å². The largest absolute Gasteiger partial charge is 0.497 e. The first kappa shape index (κ1) is 19.9. The summed E-state index contributed by atoms with van der Waals surface area (Å²) in [7, 11) is -0.634. The molecule has 7 nitrogen and oxygen atoms in total. The molecule has 0 bridgehead atoms. The summed E-state index contributed by atoms with van der Waals surface area (Å²) < 4.78 is 32.8. The van der Waals surface area contributed by atoms with E-state index in [1.807, 2.05) is 18.2 Å². The monoisotopic (exact) mass is 398 g/mol. The second-order valence-electron chi connectivity index (χ2n) is 6.68. The fourth-order valence-corrected chi connectivity index (χ4v) is 4.87. The van der Waals surface area contributed by atoms with Crippen LogP contribution in [0.4, 0.5) is 0 Å². The number of aromatic nitrogens is 2. The number of H-pyrrole nitrogens is 1. The van der Waals surface area contributed by atoms with Crippen LogP contribution in [0.5, 0.6) is 5.75 Å². The minimum absolute atomic E-state index is 0.0912. The van der Waals surface area contributed by atoms with Crippen molar-refractivity contribution in [2.45, 2.75) is 31.7 Å². The van der Waals surface area contributed by atoms with E-state index in [0.29, 0.717) is 28.2 Å². The average molecular weight is 398 g/mol. The highest BCUT2D eigenvalue weighted by molar-refractivity contribution is 7.89. The molecule has 2 aromatic carbocycles. The summed E-state index contributed by atoms with van der Waals surface area (Å²) in [5.74, 6) is 1.15. The molecule has 0 atom stereocenters. The van der Waals surface area contributed by atoms with Crippen LogP contribution in [-0.4, -0.2) is 36.8 Å². The topological polar surface area (TPSA) is 99.1 Å². The number of para-hydroxylation sites is 1. The first-order valence-electron chi connectivity index (χ1n) is 8.73. The molecule has 8 heteroatoms. The lowest BCUT2D eigenvalue weighted by molar-refractivity contribution is 0.413. The predicted octanol–water partition coefficient (Wildman–Crippen LogP) is 3.08. The van der Waals surface area contributed by atoms with Gasteiger partial charge in [0.2, 0.25) is 10.0 Å². The van der Waals surface area contributed by atoms with Crippen LogP contribution in [0.1, 0.15) is 22.5 Å². The van der Waals surface area contributed by atoms with Crippen molar-refractivity contribution in [2.24, 2.45) is 0 Å². The smallest absolute Gasteiger partial charge is 0.243 e. The second kappa shape index (κ2) is 7.62. The van der Waals surface area contributed by atoms with Gasteiger partial charge in [0.15, 0.2) is 0 Å². The molecule has 3 aromatic rings. The number of benzene rings is 2. The molecular formula is C20H22N4O3S. The zero-order valence-electron chi connectivity index (χ0n) is 16.3. The summed E-state index contributed by atoms with van der Waals surface area (Å²) in [6.45, 7) is 3.60. The van der Waals surface area contributed by atoms with E-state index in [1.165, 1.54) is 11.4 Å². The highest BCUT2D eigenvalue weighted by Crippen LogP contribution is 2.28. The van der Waals surface area contributed by atoms with Crippen LogP contribution < -0.4 is 4.74 Å². The van der Waals surface area contributed by atoms with Crippen molar-refractivity contribution in [3.8, 4) is 11.8 Å². The molecule has 0 spiro atoms. The molecule has 146 valence electrons. The van der Waals surface area contributed by atoms with Crippen LogP contribution in [0.25, 0.3) is 11.0 Å². The first-order valence-corrected chi connectivity index (χ1v) is 10.2. The first-order chi connectivity index (χ1) is 13.3. The summed E-state index contributed by atoms with van der Waals surface area (Å²) >= 11 is 0. The minimum Gasteiger partial charge on any atom is -0.497 e. The number of nitriles is 1. The zero-order chi connectivity index (χ0) is 20.5. The lowest BCUT2D eigenvalue weighted by Crippen LogP contribution is -2.28. The van der Waals surface area contributed by atoms with Crippen LogP contribution in [-0.2, 0) is 23.0 Å². The van der Waals surface area contributed by atoms with Crippen molar-refractivity contribution in [1.82, 2.24) is 14.3 Å². The standard InChI is InChI=1S/C20H22N4O3S/c1-13-10-16(27-4)11-14(2)20(13)28(25,26)24(3)12-18-22-17-7-5-6-15(8-9-21)19(17)23-18/h5-7,10-11H,8,12H2,1-4H3,(H,22,23). The quantitative estimate of drug-likeness (QED) is 0.688. The van der Waals surface area contributed by atoms with Gasteiger partial charge in [0.1, 0.15) is 11.6 Å². The van der Waals surface area contributed by atoms with Gasteiger partial charge in [0.25, 0.3) is 0 Å². The minimum atomic E-state index is -3.72. The van der Waals surface area contributed by atoms with Gasteiger partial charge in [-0.15, -0.1) is 0 Å². The Bertz CT molecular complexity index is 1150. The normalized spacial score (nSPS) is 11.7. The molecule has 0 amide bonds. The molecule has 0 aliphatic heterocycles. The molecule has 28 heavy (non-hydrogen) atoms. The molecule has 0 aliphatic rings. The van der Waals surface area contributed by atoms with Gasteiger partial charge in [-0.05, 0) is 48.7 Å². The third kappa shape index (κ3) is 3.59. The second-order valence-corrected chi connectivity index (χ2v) is 8.66. The number of sulfonamides is 1. The fraction of sp³-hybridized carbons (Fsp3) is 0.300. The number of aromatic amines is 1. The maximum absolute atomic E-state index is 13.2. The maximum Gasteiger partial charge on any atom is 0.243 e. The summed E-state index contributed by atoms with van der Waals surface area (Å²) in [6, 6.07) is 11.1. The molecule has 0 fully saturated rings. The van der Waals surface area contributed by atoms with Gasteiger partial charge in [-0.3, -0.25) is 0 Å². The molecule has 1 N–H and O–H groups in total. The Morgan fingerprint density at radius 3 is 2.54 bits per heavy atom. The summed E-state index contributed by atoms with van der Waals surface area (Å²) in [6.07, 6.45) is 0.250. The van der Waals surface area contributed by atoms with Crippen LogP contribution in [0.3, 0.4) is 0 Å². The van der Waals surface area contributed by atoms with Gasteiger partial charge in [-0.1, -0.05) is 12.1 Å². The Morgan fingerprint density at radius 2 is 1.93 bits per heavy atom. The van der Waals surface area contributed by atoms with E-state index in [1.54, 1.807) is 33.1 Å². The molecule has 0 aliphatic carbocycles. The van der Waals surface area contributed by atoms with Gasteiger partial charge in [0.05, 0.1) is 42.1 Å². The lowest BCUT2D eigenvalue weighted by atomic mass is 10.1. The Labute approximate surface area is 164 Å². The van der Waals surface area contributed by atoms with Gasteiger partial charge in [0, 0.05) is 7.05 Å². The number of rotatable bonds is 6. The van der Waals surface area contributed by atoms with Crippen molar-refractivity contribution in [3.05, 3.63) is 52.8 Å². The van der Waals surface area contributed by atoms with Crippen LogP contribution in [0.15, 0.2) is 35.2 Å². The number of hydrogen-bond donors (Lipinski definition) is 1. The number of ether oxygens (including phenoxy) is 1. The molecule has 1 heterocycles. The molecule has 0 unspecified atom stereocenters. The molecule has 0 saturated carbocycles. The molecule has 0 saturated heterocycles. The number of fused-ring (bicyclic) bond motifs is 1. The maximum atomic E-state index is 13.2.